The molecule has 1 aliphatic heterocycles. The number of amides is 1. The number of carbonyl (C=O) groups is 3. The molecule has 0 saturated carbocycles. The van der Waals surface area contributed by atoms with Crippen molar-refractivity contribution in [1.29, 1.82) is 0 Å². The number of hydrogen-bond acceptors (Lipinski definition) is 7. The fraction of sp³-hybridized carbons (Fsp3) is 0.500. The number of ether oxygens (including phenoxy) is 1. The first-order valence-electron chi connectivity index (χ1n) is 8.55. The third-order valence-electron chi connectivity index (χ3n) is 5.45. The molecule has 1 aliphatic rings. The van der Waals surface area contributed by atoms with Crippen LogP contribution in [0.1, 0.15) is 44.5 Å². The highest BCUT2D eigenvalue weighted by atomic mass is 16.6. The highest BCUT2D eigenvalue weighted by Crippen LogP contribution is 2.45. The molecular weight excluding hydrogens is 372 g/mol. The van der Waals surface area contributed by atoms with Crippen molar-refractivity contribution >= 4 is 23.7 Å². The summed E-state index contributed by atoms with van der Waals surface area (Å²) in [4.78, 5) is 46.5. The molecule has 10 heteroatoms. The number of nitro groups is 1. The summed E-state index contributed by atoms with van der Waals surface area (Å²) in [6.45, 7) is 5.79. The van der Waals surface area contributed by atoms with Crippen molar-refractivity contribution in [1.82, 2.24) is 0 Å². The van der Waals surface area contributed by atoms with Gasteiger partial charge in [-0.25, -0.2) is 9.59 Å². The molecule has 0 aliphatic carbocycles. The summed E-state index contributed by atoms with van der Waals surface area (Å²) in [5.41, 5.74) is -2.97. The van der Waals surface area contributed by atoms with Crippen molar-refractivity contribution in [3.63, 3.8) is 0 Å². The van der Waals surface area contributed by atoms with E-state index in [0.29, 0.717) is 0 Å². The molecule has 1 saturated heterocycles. The first-order valence-corrected chi connectivity index (χ1v) is 8.55. The van der Waals surface area contributed by atoms with Crippen molar-refractivity contribution in [3.05, 3.63) is 39.9 Å². The maximum atomic E-state index is 12.4. The molecule has 1 unspecified atom stereocenters. The minimum absolute atomic E-state index is 0.0387. The monoisotopic (exact) mass is 394 g/mol. The average Bonchev–Trinajstić information content (AvgIpc) is 2.89. The van der Waals surface area contributed by atoms with Crippen molar-refractivity contribution in [2.75, 3.05) is 6.54 Å². The normalized spacial score (nSPS) is 27.2. The number of carboxylic acid groups (broad SMARTS) is 2. The number of carboxylic acids is 1. The second-order valence-electron chi connectivity index (χ2n) is 8.04. The molecule has 1 fully saturated rings. The molecule has 1 N–H and O–H groups in total. The molecule has 2 rings (SSSR count). The molecule has 0 spiro atoms. The number of non-ortho nitro benzene ring substituents is 1. The molecule has 1 heterocycles. The summed E-state index contributed by atoms with van der Waals surface area (Å²) in [6.07, 6.45) is -2.76. The quantitative estimate of drug-likeness (QED) is 0.348. The maximum Gasteiger partial charge on any atom is 0.366 e. The van der Waals surface area contributed by atoms with Gasteiger partial charge in [0.1, 0.15) is 6.54 Å². The van der Waals surface area contributed by atoms with Crippen LogP contribution in [0.4, 0.5) is 10.5 Å². The van der Waals surface area contributed by atoms with E-state index < -0.39 is 44.6 Å². The van der Waals surface area contributed by atoms with Gasteiger partial charge in [-0.3, -0.25) is 14.6 Å². The fourth-order valence-electron chi connectivity index (χ4n) is 4.00. The van der Waals surface area contributed by atoms with Gasteiger partial charge in [-0.1, -0.05) is 0 Å². The first-order chi connectivity index (χ1) is 12.8. The lowest BCUT2D eigenvalue weighted by molar-refractivity contribution is -0.944. The molecule has 3 atom stereocenters. The Morgan fingerprint density at radius 3 is 2.14 bits per heavy atom. The molecule has 10 nitrogen and oxygen atoms in total. The Kier molecular flexibility index (Phi) is 5.22. The van der Waals surface area contributed by atoms with E-state index in [1.54, 1.807) is 20.8 Å². The van der Waals surface area contributed by atoms with Gasteiger partial charge in [-0.05, 0) is 32.9 Å². The number of likely N-dealkylation sites (tertiary alicyclic amines) is 1. The van der Waals surface area contributed by atoms with Crippen LogP contribution in [0.15, 0.2) is 24.3 Å². The number of carbonyl (C=O) groups excluding carboxylic acids is 2. The SMILES string of the molecule is CC(C)(C)[N+]1(C(=O)[O-])C[C@@H](OC(=O)c2ccc([N+](=O)[O-])cc2)C[C@@]1(C)C(=O)O. The minimum Gasteiger partial charge on any atom is -0.498 e. The summed E-state index contributed by atoms with van der Waals surface area (Å²) in [6, 6.07) is 4.72. The smallest absolute Gasteiger partial charge is 0.366 e. The number of rotatable bonds is 4. The molecule has 0 aromatic heterocycles. The van der Waals surface area contributed by atoms with Crippen LogP contribution >= 0.6 is 0 Å². The van der Waals surface area contributed by atoms with Crippen LogP contribution in [0.2, 0.25) is 0 Å². The molecule has 28 heavy (non-hydrogen) atoms. The maximum absolute atomic E-state index is 12.4. The van der Waals surface area contributed by atoms with E-state index >= 15 is 0 Å². The highest BCUT2D eigenvalue weighted by molar-refractivity contribution is 5.90. The second kappa shape index (κ2) is 6.86. The molecule has 1 aromatic carbocycles. The Balaban J connectivity index is 2.33. The molecular formula is C18H22N2O8. The number of nitrogens with zero attached hydrogens (tertiary/aromatic N) is 2. The zero-order valence-corrected chi connectivity index (χ0v) is 16.0. The van der Waals surface area contributed by atoms with Gasteiger partial charge in [-0.2, -0.15) is 0 Å². The van der Waals surface area contributed by atoms with Crippen LogP contribution in [0.3, 0.4) is 0 Å². The predicted octanol–water partition coefficient (Wildman–Crippen LogP) is 1.33. The molecule has 1 aromatic rings. The van der Waals surface area contributed by atoms with Crippen molar-refractivity contribution in [2.45, 2.75) is 51.3 Å². The third-order valence-corrected chi connectivity index (χ3v) is 5.45. The Bertz CT molecular complexity index is 829. The summed E-state index contributed by atoms with van der Waals surface area (Å²) in [5.74, 6) is -2.15. The van der Waals surface area contributed by atoms with Gasteiger partial charge in [0.15, 0.2) is 6.10 Å². The van der Waals surface area contributed by atoms with Crippen LogP contribution in [0, 0.1) is 10.1 Å². The number of hydrogen-bond donors (Lipinski definition) is 1. The number of benzene rings is 1. The zero-order valence-electron chi connectivity index (χ0n) is 16.0. The number of quaternary nitrogens is 1. The van der Waals surface area contributed by atoms with Crippen molar-refractivity contribution < 1.29 is 38.7 Å². The number of aliphatic carboxylic acids is 1. The molecule has 152 valence electrons. The Morgan fingerprint density at radius 1 is 1.25 bits per heavy atom. The van der Waals surface area contributed by atoms with Gasteiger partial charge >= 0.3 is 11.9 Å². The predicted molar refractivity (Wildman–Crippen MR) is 93.2 cm³/mol. The standard InChI is InChI=1S/C18H22N2O8/c1-17(2,3)20(16(24)25)10-13(9-18(20,4)15(22)23)28-14(21)11-5-7-12(8-6-11)19(26)27/h5-8,13H,9-10H2,1-4H3,(H-,22,23,24,25)/t13-,18-,20?/m0/s1. The van der Waals surface area contributed by atoms with Crippen LogP contribution in [-0.4, -0.2) is 56.3 Å². The van der Waals surface area contributed by atoms with Crippen LogP contribution < -0.4 is 5.11 Å². The summed E-state index contributed by atoms with van der Waals surface area (Å²) >= 11 is 0. The van der Waals surface area contributed by atoms with E-state index in [0.717, 1.165) is 12.1 Å². The molecule has 1 amide bonds. The van der Waals surface area contributed by atoms with Crippen molar-refractivity contribution in [3.8, 4) is 0 Å². The average molecular weight is 394 g/mol. The first kappa shape index (κ1) is 21.3. The van der Waals surface area contributed by atoms with E-state index in [2.05, 4.69) is 0 Å². The topological polar surface area (TPSA) is 147 Å². The molecule has 0 radical (unpaired) electrons. The lowest BCUT2D eigenvalue weighted by atomic mass is 9.90. The minimum atomic E-state index is -1.77. The Labute approximate surface area is 161 Å². The van der Waals surface area contributed by atoms with Gasteiger partial charge in [0.05, 0.1) is 22.4 Å². The van der Waals surface area contributed by atoms with E-state index in [1.165, 1.54) is 19.1 Å². The Morgan fingerprint density at radius 2 is 1.79 bits per heavy atom. The summed E-state index contributed by atoms with van der Waals surface area (Å²) in [5, 5.41) is 32.5. The van der Waals surface area contributed by atoms with E-state index in [-0.39, 0.29) is 24.2 Å². The van der Waals surface area contributed by atoms with Gasteiger partial charge in [-0.15, -0.1) is 0 Å². The van der Waals surface area contributed by atoms with Crippen molar-refractivity contribution in [2.24, 2.45) is 0 Å². The van der Waals surface area contributed by atoms with E-state index in [1.807, 2.05) is 0 Å². The summed E-state index contributed by atoms with van der Waals surface area (Å²) in [7, 11) is 0. The van der Waals surface area contributed by atoms with E-state index in [4.69, 9.17) is 4.74 Å². The van der Waals surface area contributed by atoms with E-state index in [9.17, 15) is 34.7 Å². The van der Waals surface area contributed by atoms with Gasteiger partial charge in [0.2, 0.25) is 5.54 Å². The lowest BCUT2D eigenvalue weighted by Crippen LogP contribution is -2.76. The van der Waals surface area contributed by atoms with Crippen LogP contribution in [-0.2, 0) is 9.53 Å². The second-order valence-corrected chi connectivity index (χ2v) is 8.04. The summed E-state index contributed by atoms with van der Waals surface area (Å²) < 4.78 is 4.46. The largest absolute Gasteiger partial charge is 0.498 e. The fourth-order valence-corrected chi connectivity index (χ4v) is 4.00. The third kappa shape index (κ3) is 3.19. The lowest BCUT2D eigenvalue weighted by Gasteiger charge is -2.52. The van der Waals surface area contributed by atoms with Crippen LogP contribution in [0.5, 0.6) is 0 Å². The Hall–Kier alpha value is -3.01. The number of nitro benzene ring substituents is 1. The van der Waals surface area contributed by atoms with Gasteiger partial charge in [0.25, 0.3) is 11.8 Å². The van der Waals surface area contributed by atoms with Gasteiger partial charge < -0.3 is 19.7 Å². The highest BCUT2D eigenvalue weighted by Gasteiger charge is 2.67. The van der Waals surface area contributed by atoms with Gasteiger partial charge in [0, 0.05) is 19.1 Å². The van der Waals surface area contributed by atoms with Crippen LogP contribution in [0.25, 0.3) is 0 Å². The zero-order chi connectivity index (χ0) is 21.5. The molecule has 0 bridgehead atoms. The number of esters is 1.